The van der Waals surface area contributed by atoms with Crippen LogP contribution in [0.15, 0.2) is 48.5 Å². The predicted octanol–water partition coefficient (Wildman–Crippen LogP) is 4.45. The zero-order valence-electron chi connectivity index (χ0n) is 19.5. The first-order valence-electron chi connectivity index (χ1n) is 12.1. The summed E-state index contributed by atoms with van der Waals surface area (Å²) >= 11 is 0. The van der Waals surface area contributed by atoms with Crippen LogP contribution in [0.3, 0.4) is 0 Å². The molecule has 2 aliphatic rings. The summed E-state index contributed by atoms with van der Waals surface area (Å²) in [5.41, 5.74) is 4.52. The summed E-state index contributed by atoms with van der Waals surface area (Å²) in [6, 6.07) is 14.9. The number of hydrogen-bond acceptors (Lipinski definition) is 4. The SMILES string of the molecule is C[C@H](NC(=O)OCC1c2ccccc2-c2ccccc21)C(=O)NC(CC(=O)O)C1CCCCC1. The molecule has 1 fully saturated rings. The Kier molecular flexibility index (Phi) is 7.50. The Morgan fingerprint density at radius 1 is 0.941 bits per heavy atom. The predicted molar refractivity (Wildman–Crippen MR) is 128 cm³/mol. The van der Waals surface area contributed by atoms with Gasteiger partial charge in [0.15, 0.2) is 0 Å². The molecule has 2 aromatic carbocycles. The van der Waals surface area contributed by atoms with Crippen molar-refractivity contribution in [1.29, 1.82) is 0 Å². The van der Waals surface area contributed by atoms with E-state index in [0.717, 1.165) is 54.4 Å². The smallest absolute Gasteiger partial charge is 0.407 e. The topological polar surface area (TPSA) is 105 Å². The molecule has 1 saturated carbocycles. The highest BCUT2D eigenvalue weighted by molar-refractivity contribution is 5.86. The second-order valence-corrected chi connectivity index (χ2v) is 9.30. The minimum Gasteiger partial charge on any atom is -0.481 e. The van der Waals surface area contributed by atoms with Crippen molar-refractivity contribution < 1.29 is 24.2 Å². The number of carbonyl (C=O) groups excluding carboxylic acids is 2. The Labute approximate surface area is 199 Å². The molecule has 2 aliphatic carbocycles. The highest BCUT2D eigenvalue weighted by Gasteiger charge is 2.31. The van der Waals surface area contributed by atoms with Crippen molar-refractivity contribution in [3.63, 3.8) is 0 Å². The van der Waals surface area contributed by atoms with Crippen molar-refractivity contribution >= 4 is 18.0 Å². The summed E-state index contributed by atoms with van der Waals surface area (Å²) in [4.78, 5) is 36.5. The molecule has 0 bridgehead atoms. The molecule has 0 spiro atoms. The Bertz CT molecular complexity index is 1000. The van der Waals surface area contributed by atoms with E-state index in [0.29, 0.717) is 0 Å². The number of aliphatic carboxylic acids is 1. The molecule has 2 atom stereocenters. The highest BCUT2D eigenvalue weighted by Crippen LogP contribution is 2.44. The molecule has 0 aliphatic heterocycles. The van der Waals surface area contributed by atoms with E-state index in [1.807, 2.05) is 36.4 Å². The number of alkyl carbamates (subject to hydrolysis) is 1. The summed E-state index contributed by atoms with van der Waals surface area (Å²) in [7, 11) is 0. The molecule has 0 saturated heterocycles. The first-order valence-corrected chi connectivity index (χ1v) is 12.1. The summed E-state index contributed by atoms with van der Waals surface area (Å²) in [5, 5.41) is 14.7. The molecule has 0 radical (unpaired) electrons. The van der Waals surface area contributed by atoms with Crippen LogP contribution in [0.4, 0.5) is 4.79 Å². The molecule has 4 rings (SSSR count). The molecular formula is C27H32N2O5. The average molecular weight is 465 g/mol. The van der Waals surface area contributed by atoms with Crippen LogP contribution in [-0.2, 0) is 14.3 Å². The Morgan fingerprint density at radius 3 is 2.12 bits per heavy atom. The van der Waals surface area contributed by atoms with Crippen molar-refractivity contribution in [2.45, 2.75) is 63.5 Å². The van der Waals surface area contributed by atoms with Gasteiger partial charge in [0, 0.05) is 12.0 Å². The number of rotatable bonds is 8. The molecule has 2 aromatic rings. The second-order valence-electron chi connectivity index (χ2n) is 9.30. The molecule has 34 heavy (non-hydrogen) atoms. The van der Waals surface area contributed by atoms with Crippen LogP contribution in [0.2, 0.25) is 0 Å². The maximum atomic E-state index is 12.7. The Morgan fingerprint density at radius 2 is 1.53 bits per heavy atom. The van der Waals surface area contributed by atoms with E-state index in [1.54, 1.807) is 6.92 Å². The number of carboxylic acid groups (broad SMARTS) is 1. The van der Waals surface area contributed by atoms with E-state index in [2.05, 4.69) is 22.8 Å². The van der Waals surface area contributed by atoms with Gasteiger partial charge >= 0.3 is 12.1 Å². The van der Waals surface area contributed by atoms with Crippen LogP contribution in [0.5, 0.6) is 0 Å². The standard InChI is InChI=1S/C27H32N2O5/c1-17(26(32)29-24(15-25(30)31)18-9-3-2-4-10-18)28-27(33)34-16-23-21-13-7-5-11-19(21)20-12-6-8-14-22(20)23/h5-8,11-14,17-18,23-24H,2-4,9-10,15-16H2,1H3,(H,28,33)(H,29,32)(H,30,31)/t17-,24?/m0/s1. The molecular weight excluding hydrogens is 432 g/mol. The van der Waals surface area contributed by atoms with Gasteiger partial charge in [0.2, 0.25) is 5.91 Å². The van der Waals surface area contributed by atoms with Gasteiger partial charge in [0.25, 0.3) is 0 Å². The van der Waals surface area contributed by atoms with Gasteiger partial charge in [-0.25, -0.2) is 4.79 Å². The fourth-order valence-electron chi connectivity index (χ4n) is 5.25. The van der Waals surface area contributed by atoms with Gasteiger partial charge in [-0.1, -0.05) is 67.8 Å². The number of carbonyl (C=O) groups is 3. The lowest BCUT2D eigenvalue weighted by atomic mass is 9.82. The fraction of sp³-hybridized carbons (Fsp3) is 0.444. The Hall–Kier alpha value is -3.35. The van der Waals surface area contributed by atoms with Crippen LogP contribution < -0.4 is 10.6 Å². The van der Waals surface area contributed by atoms with Crippen LogP contribution in [0, 0.1) is 5.92 Å². The number of fused-ring (bicyclic) bond motifs is 3. The van der Waals surface area contributed by atoms with Gasteiger partial charge < -0.3 is 20.5 Å². The monoisotopic (exact) mass is 464 g/mol. The molecule has 180 valence electrons. The van der Waals surface area contributed by atoms with E-state index in [1.165, 1.54) is 0 Å². The van der Waals surface area contributed by atoms with Crippen molar-refractivity contribution in [1.82, 2.24) is 10.6 Å². The normalized spacial score (nSPS) is 17.2. The first-order chi connectivity index (χ1) is 16.4. The fourth-order valence-corrected chi connectivity index (χ4v) is 5.25. The lowest BCUT2D eigenvalue weighted by Crippen LogP contribution is -2.51. The van der Waals surface area contributed by atoms with Crippen molar-refractivity contribution in [3.05, 3.63) is 59.7 Å². The van der Waals surface area contributed by atoms with Gasteiger partial charge in [-0.3, -0.25) is 9.59 Å². The van der Waals surface area contributed by atoms with E-state index >= 15 is 0 Å². The second kappa shape index (κ2) is 10.7. The van der Waals surface area contributed by atoms with Gasteiger partial charge in [-0.05, 0) is 47.9 Å². The van der Waals surface area contributed by atoms with Crippen molar-refractivity contribution in [3.8, 4) is 11.1 Å². The van der Waals surface area contributed by atoms with Gasteiger partial charge in [-0.15, -0.1) is 0 Å². The zero-order chi connectivity index (χ0) is 24.1. The summed E-state index contributed by atoms with van der Waals surface area (Å²) < 4.78 is 5.52. The van der Waals surface area contributed by atoms with E-state index in [4.69, 9.17) is 4.74 Å². The Balaban J connectivity index is 1.33. The number of ether oxygens (including phenoxy) is 1. The van der Waals surface area contributed by atoms with Crippen LogP contribution in [0.1, 0.15) is 62.5 Å². The van der Waals surface area contributed by atoms with Crippen molar-refractivity contribution in [2.75, 3.05) is 6.61 Å². The van der Waals surface area contributed by atoms with Crippen molar-refractivity contribution in [2.24, 2.45) is 5.92 Å². The molecule has 0 heterocycles. The van der Waals surface area contributed by atoms with Crippen LogP contribution >= 0.6 is 0 Å². The number of nitrogens with one attached hydrogen (secondary N) is 2. The zero-order valence-corrected chi connectivity index (χ0v) is 19.5. The largest absolute Gasteiger partial charge is 0.481 e. The third-order valence-electron chi connectivity index (χ3n) is 7.01. The molecule has 7 heteroatoms. The summed E-state index contributed by atoms with van der Waals surface area (Å²) in [6.07, 6.45) is 4.27. The van der Waals surface area contributed by atoms with Gasteiger partial charge in [0.05, 0.1) is 6.42 Å². The third kappa shape index (κ3) is 5.41. The van der Waals surface area contributed by atoms with E-state index in [9.17, 15) is 19.5 Å². The molecule has 3 N–H and O–H groups in total. The summed E-state index contributed by atoms with van der Waals surface area (Å²) in [5.74, 6) is -1.25. The highest BCUT2D eigenvalue weighted by atomic mass is 16.5. The minimum atomic E-state index is -0.937. The summed E-state index contributed by atoms with van der Waals surface area (Å²) in [6.45, 7) is 1.74. The average Bonchev–Trinajstić information content (AvgIpc) is 3.16. The minimum absolute atomic E-state index is 0.0615. The molecule has 7 nitrogen and oxygen atoms in total. The lowest BCUT2D eigenvalue weighted by molar-refractivity contribution is -0.138. The van der Waals surface area contributed by atoms with E-state index in [-0.39, 0.29) is 24.9 Å². The van der Waals surface area contributed by atoms with E-state index < -0.39 is 30.1 Å². The maximum absolute atomic E-state index is 12.7. The van der Waals surface area contributed by atoms with Gasteiger partial charge in [0.1, 0.15) is 12.6 Å². The number of hydrogen-bond donors (Lipinski definition) is 3. The number of carboxylic acids is 1. The third-order valence-corrected chi connectivity index (χ3v) is 7.01. The number of benzene rings is 2. The van der Waals surface area contributed by atoms with Gasteiger partial charge in [-0.2, -0.15) is 0 Å². The molecule has 2 amide bonds. The van der Waals surface area contributed by atoms with Crippen LogP contribution in [-0.4, -0.2) is 41.8 Å². The number of amides is 2. The first kappa shape index (κ1) is 23.8. The molecule has 0 aromatic heterocycles. The maximum Gasteiger partial charge on any atom is 0.407 e. The van der Waals surface area contributed by atoms with Crippen LogP contribution in [0.25, 0.3) is 11.1 Å². The quantitative estimate of drug-likeness (QED) is 0.535. The lowest BCUT2D eigenvalue weighted by Gasteiger charge is -2.31. The molecule has 1 unspecified atom stereocenters.